The molecule has 0 amide bonds. The van der Waals surface area contributed by atoms with Crippen LogP contribution in [-0.4, -0.2) is 30.7 Å². The van der Waals surface area contributed by atoms with Gasteiger partial charge in [0, 0.05) is 11.8 Å². The van der Waals surface area contributed by atoms with Gasteiger partial charge in [0.2, 0.25) is 0 Å². The molecule has 1 aliphatic heterocycles. The molecule has 2 atom stereocenters. The van der Waals surface area contributed by atoms with E-state index in [0.29, 0.717) is 11.1 Å². The first kappa shape index (κ1) is 17.0. The Morgan fingerprint density at radius 3 is 2.96 bits per heavy atom. The van der Waals surface area contributed by atoms with Gasteiger partial charge in [0.1, 0.15) is 12.1 Å². The van der Waals surface area contributed by atoms with Crippen molar-refractivity contribution >= 4 is 12.2 Å². The Balaban J connectivity index is 2.04. The van der Waals surface area contributed by atoms with Crippen molar-refractivity contribution in [2.24, 2.45) is 4.99 Å². The maximum atomic E-state index is 13.8. The lowest BCUT2D eigenvalue weighted by molar-refractivity contribution is -0.152. The number of allylic oxidation sites excluding steroid dienone is 1. The molecular formula is C18H17FN2O4. The molecule has 6 nitrogen and oxygen atoms in total. The van der Waals surface area contributed by atoms with Gasteiger partial charge in [0.25, 0.3) is 0 Å². The molecule has 3 rings (SSSR count). The zero-order valence-corrected chi connectivity index (χ0v) is 13.8. The molecule has 0 saturated carbocycles. The van der Waals surface area contributed by atoms with Gasteiger partial charge in [-0.3, -0.25) is 9.79 Å². The number of hydrogen-bond acceptors (Lipinski definition) is 6. The highest BCUT2D eigenvalue weighted by molar-refractivity contribution is 5.91. The molecule has 25 heavy (non-hydrogen) atoms. The number of rotatable bonds is 5. The Kier molecular flexibility index (Phi) is 4.76. The molecule has 0 saturated heterocycles. The molecule has 2 heterocycles. The second-order valence-corrected chi connectivity index (χ2v) is 5.73. The number of ether oxygens (including phenoxy) is 2. The summed E-state index contributed by atoms with van der Waals surface area (Å²) in [5.41, 5.74) is 0.470. The van der Waals surface area contributed by atoms with Gasteiger partial charge in [-0.25, -0.2) is 4.39 Å². The number of carbonyl (C=O) groups excluding carboxylic acids is 1. The Morgan fingerprint density at radius 2 is 2.28 bits per heavy atom. The van der Waals surface area contributed by atoms with Crippen molar-refractivity contribution in [3.63, 3.8) is 0 Å². The predicted octanol–water partition coefficient (Wildman–Crippen LogP) is 2.80. The summed E-state index contributed by atoms with van der Waals surface area (Å²) >= 11 is 0. The lowest BCUT2D eigenvalue weighted by atomic mass is 9.76. The van der Waals surface area contributed by atoms with Crippen LogP contribution in [0.2, 0.25) is 0 Å². The van der Waals surface area contributed by atoms with Gasteiger partial charge < -0.3 is 14.0 Å². The zero-order chi connectivity index (χ0) is 17.9. The van der Waals surface area contributed by atoms with Gasteiger partial charge in [0.05, 0.1) is 19.9 Å². The van der Waals surface area contributed by atoms with Crippen molar-refractivity contribution < 1.29 is 23.2 Å². The molecule has 7 heteroatoms. The number of aliphatic imine (C=N–C) groups is 1. The maximum absolute atomic E-state index is 13.8. The second kappa shape index (κ2) is 6.98. The van der Waals surface area contributed by atoms with Crippen LogP contribution in [-0.2, 0) is 26.3 Å². The first-order chi connectivity index (χ1) is 12.1. The van der Waals surface area contributed by atoms with E-state index < -0.39 is 23.4 Å². The van der Waals surface area contributed by atoms with Gasteiger partial charge in [-0.1, -0.05) is 23.4 Å². The van der Waals surface area contributed by atoms with Crippen LogP contribution in [0.5, 0.6) is 0 Å². The van der Waals surface area contributed by atoms with E-state index >= 15 is 0 Å². The van der Waals surface area contributed by atoms with E-state index in [1.165, 1.54) is 37.8 Å². The van der Waals surface area contributed by atoms with Crippen LogP contribution >= 0.6 is 0 Å². The summed E-state index contributed by atoms with van der Waals surface area (Å²) in [5, 5.41) is 3.61. The van der Waals surface area contributed by atoms with E-state index in [0.717, 1.165) is 5.57 Å². The number of aromatic nitrogens is 1. The SMILES string of the molecule is COC(=O)C1(c2cccc(F)c2)C=C(C)C=NC1OCc1cnoc1. The zero-order valence-electron chi connectivity index (χ0n) is 13.8. The molecule has 1 aromatic carbocycles. The molecule has 0 aliphatic carbocycles. The maximum Gasteiger partial charge on any atom is 0.324 e. The van der Waals surface area contributed by atoms with E-state index in [1.54, 1.807) is 25.3 Å². The number of benzene rings is 1. The highest BCUT2D eigenvalue weighted by Gasteiger charge is 2.49. The second-order valence-electron chi connectivity index (χ2n) is 5.73. The van der Waals surface area contributed by atoms with Crippen LogP contribution in [0.1, 0.15) is 18.1 Å². The first-order valence-electron chi connectivity index (χ1n) is 7.63. The Bertz CT molecular complexity index is 816. The average molecular weight is 344 g/mol. The summed E-state index contributed by atoms with van der Waals surface area (Å²) < 4.78 is 29.4. The molecule has 1 aliphatic rings. The molecular weight excluding hydrogens is 327 g/mol. The van der Waals surface area contributed by atoms with Gasteiger partial charge >= 0.3 is 5.97 Å². The van der Waals surface area contributed by atoms with Crippen molar-refractivity contribution in [3.8, 4) is 0 Å². The smallest absolute Gasteiger partial charge is 0.324 e. The number of nitrogens with zero attached hydrogens (tertiary/aromatic N) is 2. The number of halogens is 1. The van der Waals surface area contributed by atoms with Crippen LogP contribution in [0.25, 0.3) is 0 Å². The van der Waals surface area contributed by atoms with Crippen molar-refractivity contribution in [1.82, 2.24) is 5.16 Å². The van der Waals surface area contributed by atoms with Crippen LogP contribution < -0.4 is 0 Å². The average Bonchev–Trinajstić information content (AvgIpc) is 3.13. The molecule has 0 bridgehead atoms. The third-order valence-electron chi connectivity index (χ3n) is 3.98. The van der Waals surface area contributed by atoms with Crippen molar-refractivity contribution in [1.29, 1.82) is 0 Å². The predicted molar refractivity (Wildman–Crippen MR) is 87.4 cm³/mol. The summed E-state index contributed by atoms with van der Waals surface area (Å²) in [4.78, 5) is 17.1. The topological polar surface area (TPSA) is 73.9 Å². The normalized spacial score (nSPS) is 22.5. The number of methoxy groups -OCH3 is 1. The summed E-state index contributed by atoms with van der Waals surface area (Å²) in [6, 6.07) is 5.79. The highest BCUT2D eigenvalue weighted by atomic mass is 19.1. The summed E-state index contributed by atoms with van der Waals surface area (Å²) in [7, 11) is 1.28. The van der Waals surface area contributed by atoms with Crippen LogP contribution in [0, 0.1) is 5.82 Å². The number of esters is 1. The van der Waals surface area contributed by atoms with Crippen molar-refractivity contribution in [3.05, 3.63) is 65.3 Å². The minimum Gasteiger partial charge on any atom is -0.468 e. The fourth-order valence-electron chi connectivity index (χ4n) is 2.84. The first-order valence-corrected chi connectivity index (χ1v) is 7.63. The Hall–Kier alpha value is -2.80. The standard InChI is InChI=1S/C18H17FN2O4/c1-12-7-18(17(22)23-2,14-4-3-5-15(19)6-14)16(20-8-12)24-10-13-9-21-25-11-13/h3-9,11,16H,10H2,1-2H3. The lowest BCUT2D eigenvalue weighted by Gasteiger charge is -2.36. The van der Waals surface area contributed by atoms with Crippen LogP contribution in [0.15, 0.2) is 57.9 Å². The van der Waals surface area contributed by atoms with Crippen LogP contribution in [0.4, 0.5) is 4.39 Å². The lowest BCUT2D eigenvalue weighted by Crippen LogP contribution is -2.48. The quantitative estimate of drug-likeness (QED) is 0.780. The molecule has 0 radical (unpaired) electrons. The third kappa shape index (κ3) is 3.23. The highest BCUT2D eigenvalue weighted by Crippen LogP contribution is 2.37. The fraction of sp³-hybridized carbons (Fsp3) is 0.278. The van der Waals surface area contributed by atoms with Gasteiger partial charge in [-0.15, -0.1) is 0 Å². The van der Waals surface area contributed by atoms with Crippen LogP contribution in [0.3, 0.4) is 0 Å². The minimum absolute atomic E-state index is 0.131. The van der Waals surface area contributed by atoms with E-state index in [9.17, 15) is 9.18 Å². The van der Waals surface area contributed by atoms with E-state index in [-0.39, 0.29) is 6.61 Å². The van der Waals surface area contributed by atoms with E-state index in [4.69, 9.17) is 14.0 Å². The van der Waals surface area contributed by atoms with Gasteiger partial charge in [-0.05, 0) is 30.2 Å². The fourth-order valence-corrected chi connectivity index (χ4v) is 2.84. The summed E-state index contributed by atoms with van der Waals surface area (Å²) in [6.07, 6.45) is 5.34. The van der Waals surface area contributed by atoms with Gasteiger partial charge in [0.15, 0.2) is 11.6 Å². The molecule has 0 N–H and O–H groups in total. The van der Waals surface area contributed by atoms with E-state index in [2.05, 4.69) is 10.1 Å². The Labute approximate surface area is 143 Å². The number of hydrogen-bond donors (Lipinski definition) is 0. The third-order valence-corrected chi connectivity index (χ3v) is 3.98. The minimum atomic E-state index is -1.38. The molecule has 0 spiro atoms. The molecule has 130 valence electrons. The molecule has 2 unspecified atom stereocenters. The molecule has 1 aromatic heterocycles. The summed E-state index contributed by atoms with van der Waals surface area (Å²) in [6.45, 7) is 1.93. The summed E-state index contributed by atoms with van der Waals surface area (Å²) in [5.74, 6) is -1.04. The number of carbonyl (C=O) groups is 1. The largest absolute Gasteiger partial charge is 0.468 e. The molecule has 0 fully saturated rings. The Morgan fingerprint density at radius 1 is 1.44 bits per heavy atom. The number of dihydropyridines is 1. The molecule has 2 aromatic rings. The van der Waals surface area contributed by atoms with Crippen molar-refractivity contribution in [2.45, 2.75) is 25.2 Å². The van der Waals surface area contributed by atoms with E-state index in [1.807, 2.05) is 0 Å². The van der Waals surface area contributed by atoms with Gasteiger partial charge in [-0.2, -0.15) is 0 Å². The van der Waals surface area contributed by atoms with Crippen molar-refractivity contribution in [2.75, 3.05) is 7.11 Å². The monoisotopic (exact) mass is 344 g/mol.